The SMILES string of the molecule is COC(=O)c1ccnn1C1CC1C. The number of carbonyl (C=O) groups excluding carboxylic acids is 1. The molecule has 1 aliphatic rings. The Kier molecular flexibility index (Phi) is 1.83. The van der Waals surface area contributed by atoms with Crippen LogP contribution in [-0.4, -0.2) is 22.9 Å². The van der Waals surface area contributed by atoms with E-state index in [0.717, 1.165) is 6.42 Å². The first kappa shape index (κ1) is 8.29. The second kappa shape index (κ2) is 2.87. The van der Waals surface area contributed by atoms with Gasteiger partial charge in [-0.2, -0.15) is 5.10 Å². The maximum Gasteiger partial charge on any atom is 0.356 e. The molecule has 70 valence electrons. The van der Waals surface area contributed by atoms with Crippen molar-refractivity contribution >= 4 is 5.97 Å². The zero-order valence-corrected chi connectivity index (χ0v) is 7.73. The van der Waals surface area contributed by atoms with Gasteiger partial charge < -0.3 is 4.74 Å². The van der Waals surface area contributed by atoms with Crippen LogP contribution in [0.15, 0.2) is 12.3 Å². The molecule has 0 bridgehead atoms. The third kappa shape index (κ3) is 1.32. The molecule has 0 spiro atoms. The van der Waals surface area contributed by atoms with Crippen LogP contribution in [0.5, 0.6) is 0 Å². The van der Waals surface area contributed by atoms with Crippen LogP contribution >= 0.6 is 0 Å². The Morgan fingerprint density at radius 3 is 3.00 bits per heavy atom. The molecule has 2 rings (SSSR count). The molecule has 1 aliphatic carbocycles. The van der Waals surface area contributed by atoms with E-state index in [9.17, 15) is 4.79 Å². The lowest BCUT2D eigenvalue weighted by molar-refractivity contribution is 0.0586. The van der Waals surface area contributed by atoms with Crippen molar-refractivity contribution in [2.24, 2.45) is 5.92 Å². The normalized spacial score (nSPS) is 25.7. The van der Waals surface area contributed by atoms with Crippen molar-refractivity contribution in [3.05, 3.63) is 18.0 Å². The molecule has 0 amide bonds. The van der Waals surface area contributed by atoms with Gasteiger partial charge in [-0.05, 0) is 18.4 Å². The Balaban J connectivity index is 2.26. The predicted molar refractivity (Wildman–Crippen MR) is 46.4 cm³/mol. The van der Waals surface area contributed by atoms with E-state index in [4.69, 9.17) is 0 Å². The molecule has 0 radical (unpaired) electrons. The molecule has 1 saturated carbocycles. The van der Waals surface area contributed by atoms with Crippen LogP contribution < -0.4 is 0 Å². The lowest BCUT2D eigenvalue weighted by Gasteiger charge is -2.03. The average molecular weight is 180 g/mol. The highest BCUT2D eigenvalue weighted by atomic mass is 16.5. The maximum atomic E-state index is 11.3. The van der Waals surface area contributed by atoms with Crippen LogP contribution in [0.25, 0.3) is 0 Å². The number of carbonyl (C=O) groups is 1. The van der Waals surface area contributed by atoms with Crippen LogP contribution in [0.2, 0.25) is 0 Å². The number of hydrogen-bond donors (Lipinski definition) is 0. The van der Waals surface area contributed by atoms with Crippen LogP contribution in [0.4, 0.5) is 0 Å². The van der Waals surface area contributed by atoms with Crippen molar-refractivity contribution < 1.29 is 9.53 Å². The summed E-state index contributed by atoms with van der Waals surface area (Å²) < 4.78 is 6.41. The fourth-order valence-electron chi connectivity index (χ4n) is 1.49. The average Bonchev–Trinajstić information content (AvgIpc) is 2.69. The highest BCUT2D eigenvalue weighted by Gasteiger charge is 2.37. The first-order valence-corrected chi connectivity index (χ1v) is 4.36. The van der Waals surface area contributed by atoms with E-state index >= 15 is 0 Å². The lowest BCUT2D eigenvalue weighted by Crippen LogP contribution is -2.11. The quantitative estimate of drug-likeness (QED) is 0.643. The van der Waals surface area contributed by atoms with Gasteiger partial charge in [-0.3, -0.25) is 4.68 Å². The van der Waals surface area contributed by atoms with Gasteiger partial charge in [0.15, 0.2) is 0 Å². The summed E-state index contributed by atoms with van der Waals surface area (Å²) in [5.74, 6) is 0.319. The van der Waals surface area contributed by atoms with Crippen molar-refractivity contribution in [3.63, 3.8) is 0 Å². The van der Waals surface area contributed by atoms with Gasteiger partial charge >= 0.3 is 5.97 Å². The fraction of sp³-hybridized carbons (Fsp3) is 0.556. The van der Waals surface area contributed by atoms with E-state index < -0.39 is 0 Å². The number of hydrogen-bond acceptors (Lipinski definition) is 3. The highest BCUT2D eigenvalue weighted by molar-refractivity contribution is 5.87. The standard InChI is InChI=1S/C9H12N2O2/c1-6-5-8(6)11-7(3-4-10-11)9(12)13-2/h3-4,6,8H,5H2,1-2H3. The lowest BCUT2D eigenvalue weighted by atomic mass is 10.4. The molecule has 0 saturated heterocycles. The van der Waals surface area contributed by atoms with E-state index in [-0.39, 0.29) is 5.97 Å². The Morgan fingerprint density at radius 1 is 1.77 bits per heavy atom. The zero-order valence-electron chi connectivity index (χ0n) is 7.73. The van der Waals surface area contributed by atoms with E-state index in [1.165, 1.54) is 7.11 Å². The first-order chi connectivity index (χ1) is 6.24. The minimum absolute atomic E-state index is 0.309. The Morgan fingerprint density at radius 2 is 2.46 bits per heavy atom. The minimum atomic E-state index is -0.309. The van der Waals surface area contributed by atoms with Gasteiger partial charge in [0.05, 0.1) is 13.2 Å². The summed E-state index contributed by atoms with van der Waals surface area (Å²) in [6, 6.07) is 2.08. The molecular weight excluding hydrogens is 168 g/mol. The van der Waals surface area contributed by atoms with Crippen LogP contribution in [0.1, 0.15) is 29.9 Å². The van der Waals surface area contributed by atoms with Gasteiger partial charge in [-0.25, -0.2) is 4.79 Å². The number of ether oxygens (including phenoxy) is 1. The van der Waals surface area contributed by atoms with Crippen molar-refractivity contribution in [2.45, 2.75) is 19.4 Å². The summed E-state index contributed by atoms with van der Waals surface area (Å²) in [5.41, 5.74) is 0.553. The van der Waals surface area contributed by atoms with E-state index in [2.05, 4.69) is 16.8 Å². The number of methoxy groups -OCH3 is 1. The molecule has 0 aromatic carbocycles. The van der Waals surface area contributed by atoms with Gasteiger partial charge in [0.2, 0.25) is 0 Å². The molecule has 1 aromatic heterocycles. The molecule has 1 heterocycles. The third-order valence-electron chi connectivity index (χ3n) is 2.45. The molecule has 13 heavy (non-hydrogen) atoms. The van der Waals surface area contributed by atoms with Crippen LogP contribution in [-0.2, 0) is 4.74 Å². The highest BCUT2D eigenvalue weighted by Crippen LogP contribution is 2.42. The largest absolute Gasteiger partial charge is 0.464 e. The van der Waals surface area contributed by atoms with Gasteiger partial charge in [-0.1, -0.05) is 6.92 Å². The van der Waals surface area contributed by atoms with Crippen molar-refractivity contribution in [3.8, 4) is 0 Å². The third-order valence-corrected chi connectivity index (χ3v) is 2.45. The van der Waals surface area contributed by atoms with E-state index in [1.54, 1.807) is 16.9 Å². The zero-order chi connectivity index (χ0) is 9.42. The molecular formula is C9H12N2O2. The summed E-state index contributed by atoms with van der Waals surface area (Å²) in [7, 11) is 1.38. The summed E-state index contributed by atoms with van der Waals surface area (Å²) in [4.78, 5) is 11.3. The first-order valence-electron chi connectivity index (χ1n) is 4.36. The number of esters is 1. The topological polar surface area (TPSA) is 44.1 Å². The van der Waals surface area contributed by atoms with E-state index in [1.807, 2.05) is 0 Å². The fourth-order valence-corrected chi connectivity index (χ4v) is 1.49. The van der Waals surface area contributed by atoms with Gasteiger partial charge in [0.1, 0.15) is 5.69 Å². The summed E-state index contributed by atoms with van der Waals surface area (Å²) in [5, 5.41) is 4.11. The Bertz CT molecular complexity index is 332. The summed E-state index contributed by atoms with van der Waals surface area (Å²) in [6.45, 7) is 2.15. The minimum Gasteiger partial charge on any atom is -0.464 e. The summed E-state index contributed by atoms with van der Waals surface area (Å²) >= 11 is 0. The van der Waals surface area contributed by atoms with Gasteiger partial charge in [-0.15, -0.1) is 0 Å². The maximum absolute atomic E-state index is 11.3. The molecule has 0 N–H and O–H groups in total. The second-order valence-electron chi connectivity index (χ2n) is 3.43. The second-order valence-corrected chi connectivity index (χ2v) is 3.43. The van der Waals surface area contributed by atoms with Crippen molar-refractivity contribution in [2.75, 3.05) is 7.11 Å². The molecule has 0 aliphatic heterocycles. The Hall–Kier alpha value is -1.32. The van der Waals surface area contributed by atoms with Crippen molar-refractivity contribution in [1.29, 1.82) is 0 Å². The summed E-state index contributed by atoms with van der Waals surface area (Å²) in [6.07, 6.45) is 2.74. The monoisotopic (exact) mass is 180 g/mol. The van der Waals surface area contributed by atoms with Crippen LogP contribution in [0, 0.1) is 5.92 Å². The molecule has 1 aromatic rings. The van der Waals surface area contributed by atoms with E-state index in [0.29, 0.717) is 17.7 Å². The molecule has 2 atom stereocenters. The van der Waals surface area contributed by atoms with Crippen LogP contribution in [0.3, 0.4) is 0 Å². The van der Waals surface area contributed by atoms with Crippen molar-refractivity contribution in [1.82, 2.24) is 9.78 Å². The molecule has 1 fully saturated rings. The smallest absolute Gasteiger partial charge is 0.356 e. The predicted octanol–water partition coefficient (Wildman–Crippen LogP) is 1.25. The molecule has 2 unspecified atom stereocenters. The number of aromatic nitrogens is 2. The number of nitrogens with zero attached hydrogens (tertiary/aromatic N) is 2. The van der Waals surface area contributed by atoms with Gasteiger partial charge in [0.25, 0.3) is 0 Å². The Labute approximate surface area is 76.5 Å². The van der Waals surface area contributed by atoms with Gasteiger partial charge in [0, 0.05) is 6.20 Å². The number of rotatable bonds is 2. The molecule has 4 nitrogen and oxygen atoms in total. The molecule has 4 heteroatoms.